The number of hydrogen-bond acceptors (Lipinski definition) is 3. The maximum absolute atomic E-state index is 11.9. The quantitative estimate of drug-likeness (QED) is 0.803. The van der Waals surface area contributed by atoms with Crippen LogP contribution in [0.25, 0.3) is 0 Å². The first-order chi connectivity index (χ1) is 7.84. The molecule has 1 aromatic rings. The molecule has 0 N–H and O–H groups in total. The normalized spacial score (nSPS) is 17.2. The number of Topliss-reactive ketones (excluding diaryl/α,β-unsaturated/α-hetero) is 1. The summed E-state index contributed by atoms with van der Waals surface area (Å²) >= 11 is 2.01. The number of carbonyl (C=O) groups is 1. The van der Waals surface area contributed by atoms with Crippen LogP contribution in [0.1, 0.15) is 24.8 Å². The molecule has 0 aromatic carbocycles. The number of aromatic nitrogens is 1. The Kier molecular flexibility index (Phi) is 4.40. The summed E-state index contributed by atoms with van der Waals surface area (Å²) in [4.78, 5) is 15.8. The molecular formula is C13H17NOS. The van der Waals surface area contributed by atoms with Crippen molar-refractivity contribution in [3.05, 3.63) is 30.1 Å². The molecule has 1 saturated heterocycles. The fourth-order valence-electron chi connectivity index (χ4n) is 2.07. The first kappa shape index (κ1) is 11.6. The van der Waals surface area contributed by atoms with Crippen LogP contribution in [-0.4, -0.2) is 22.3 Å². The number of pyridine rings is 1. The Balaban J connectivity index is 1.80. The second-order valence-electron chi connectivity index (χ2n) is 4.33. The number of rotatable bonds is 4. The zero-order valence-corrected chi connectivity index (χ0v) is 10.2. The third-order valence-electron chi connectivity index (χ3n) is 3.01. The molecule has 1 fully saturated rings. The van der Waals surface area contributed by atoms with Crippen molar-refractivity contribution in [1.29, 1.82) is 0 Å². The third kappa shape index (κ3) is 3.63. The summed E-state index contributed by atoms with van der Waals surface area (Å²) in [5.41, 5.74) is 1.09. The summed E-state index contributed by atoms with van der Waals surface area (Å²) in [6.07, 6.45) is 7.27. The van der Waals surface area contributed by atoms with Crippen molar-refractivity contribution in [1.82, 2.24) is 4.98 Å². The van der Waals surface area contributed by atoms with Gasteiger partial charge in [-0.1, -0.05) is 0 Å². The molecule has 0 bridgehead atoms. The minimum atomic E-state index is 0.378. The van der Waals surface area contributed by atoms with Crippen molar-refractivity contribution in [2.75, 3.05) is 11.5 Å². The minimum absolute atomic E-state index is 0.378. The second kappa shape index (κ2) is 6.04. The van der Waals surface area contributed by atoms with Gasteiger partial charge in [-0.3, -0.25) is 9.78 Å². The molecule has 0 atom stereocenters. The highest BCUT2D eigenvalue weighted by Gasteiger charge is 2.17. The Bertz CT molecular complexity index is 333. The summed E-state index contributed by atoms with van der Waals surface area (Å²) in [6.45, 7) is 0. The van der Waals surface area contributed by atoms with E-state index in [1.807, 2.05) is 23.9 Å². The molecular weight excluding hydrogens is 218 g/mol. The van der Waals surface area contributed by atoms with Crippen molar-refractivity contribution in [2.24, 2.45) is 5.92 Å². The fraction of sp³-hybridized carbons (Fsp3) is 0.538. The Morgan fingerprint density at radius 3 is 2.69 bits per heavy atom. The van der Waals surface area contributed by atoms with Crippen LogP contribution < -0.4 is 0 Å². The molecule has 0 spiro atoms. The van der Waals surface area contributed by atoms with Crippen molar-refractivity contribution in [3.8, 4) is 0 Å². The van der Waals surface area contributed by atoms with Gasteiger partial charge in [-0.2, -0.15) is 11.8 Å². The molecule has 86 valence electrons. The first-order valence-electron chi connectivity index (χ1n) is 5.83. The van der Waals surface area contributed by atoms with Crippen LogP contribution in [0, 0.1) is 5.92 Å². The summed E-state index contributed by atoms with van der Waals surface area (Å²) in [5.74, 6) is 3.47. The van der Waals surface area contributed by atoms with Gasteiger partial charge in [0.25, 0.3) is 0 Å². The predicted octanol–water partition coefficient (Wildman–Crippen LogP) is 2.73. The Hall–Kier alpha value is -0.830. The van der Waals surface area contributed by atoms with Crippen LogP contribution in [0.15, 0.2) is 24.5 Å². The zero-order valence-electron chi connectivity index (χ0n) is 9.39. The SMILES string of the molecule is O=C(Cc1ccncc1)CC1CCSCC1. The van der Waals surface area contributed by atoms with Crippen molar-refractivity contribution in [2.45, 2.75) is 25.7 Å². The van der Waals surface area contributed by atoms with E-state index < -0.39 is 0 Å². The molecule has 1 aromatic heterocycles. The molecule has 0 aliphatic carbocycles. The molecule has 0 saturated carbocycles. The van der Waals surface area contributed by atoms with Gasteiger partial charge in [0, 0.05) is 25.2 Å². The largest absolute Gasteiger partial charge is 0.299 e. The number of thioether (sulfide) groups is 1. The lowest BCUT2D eigenvalue weighted by atomic mass is 9.94. The molecule has 2 rings (SSSR count). The predicted molar refractivity (Wildman–Crippen MR) is 67.6 cm³/mol. The van der Waals surface area contributed by atoms with Crippen molar-refractivity contribution >= 4 is 17.5 Å². The smallest absolute Gasteiger partial charge is 0.137 e. The standard InChI is InChI=1S/C13H17NOS/c15-13(9-11-1-5-14-6-2-11)10-12-3-7-16-8-4-12/h1-2,5-6,12H,3-4,7-10H2. The Morgan fingerprint density at radius 1 is 1.31 bits per heavy atom. The topological polar surface area (TPSA) is 30.0 Å². The maximum atomic E-state index is 11.9. The number of hydrogen-bond donors (Lipinski definition) is 0. The molecule has 2 heterocycles. The number of carbonyl (C=O) groups excluding carboxylic acids is 1. The van der Waals surface area contributed by atoms with Gasteiger partial charge in [0.05, 0.1) is 0 Å². The lowest BCUT2D eigenvalue weighted by Gasteiger charge is -2.20. The van der Waals surface area contributed by atoms with Gasteiger partial charge in [-0.25, -0.2) is 0 Å². The van der Waals surface area contributed by atoms with E-state index in [0.717, 1.165) is 12.0 Å². The monoisotopic (exact) mass is 235 g/mol. The number of nitrogens with zero attached hydrogens (tertiary/aromatic N) is 1. The van der Waals surface area contributed by atoms with Crippen molar-refractivity contribution < 1.29 is 4.79 Å². The highest BCUT2D eigenvalue weighted by atomic mass is 32.2. The van der Waals surface area contributed by atoms with E-state index in [0.29, 0.717) is 18.1 Å². The van der Waals surface area contributed by atoms with Crippen LogP contribution in [-0.2, 0) is 11.2 Å². The Morgan fingerprint density at radius 2 is 2.00 bits per heavy atom. The zero-order chi connectivity index (χ0) is 11.2. The van der Waals surface area contributed by atoms with E-state index in [1.165, 1.54) is 24.3 Å². The third-order valence-corrected chi connectivity index (χ3v) is 4.06. The average Bonchev–Trinajstić information content (AvgIpc) is 2.31. The van der Waals surface area contributed by atoms with Crippen molar-refractivity contribution in [3.63, 3.8) is 0 Å². The Labute approximate surface area is 101 Å². The van der Waals surface area contributed by atoms with E-state index in [-0.39, 0.29) is 0 Å². The van der Waals surface area contributed by atoms with Crippen LogP contribution in [0.2, 0.25) is 0 Å². The lowest BCUT2D eigenvalue weighted by molar-refractivity contribution is -0.119. The van der Waals surface area contributed by atoms with E-state index in [1.54, 1.807) is 12.4 Å². The molecule has 1 aliphatic rings. The summed E-state index contributed by atoms with van der Waals surface area (Å²) in [5, 5.41) is 0. The highest BCUT2D eigenvalue weighted by Crippen LogP contribution is 2.25. The number of ketones is 1. The van der Waals surface area contributed by atoms with Gasteiger partial charge in [0.1, 0.15) is 5.78 Å². The average molecular weight is 235 g/mol. The van der Waals surface area contributed by atoms with Gasteiger partial charge >= 0.3 is 0 Å². The maximum Gasteiger partial charge on any atom is 0.137 e. The van der Waals surface area contributed by atoms with E-state index >= 15 is 0 Å². The molecule has 3 heteroatoms. The van der Waals surface area contributed by atoms with Crippen LogP contribution in [0.5, 0.6) is 0 Å². The molecule has 2 nitrogen and oxygen atoms in total. The van der Waals surface area contributed by atoms with E-state index in [9.17, 15) is 4.79 Å². The van der Waals surface area contributed by atoms with Gasteiger partial charge in [-0.05, 0) is 48.0 Å². The minimum Gasteiger partial charge on any atom is -0.299 e. The molecule has 0 amide bonds. The highest BCUT2D eigenvalue weighted by molar-refractivity contribution is 7.99. The first-order valence-corrected chi connectivity index (χ1v) is 6.98. The summed E-state index contributed by atoms with van der Waals surface area (Å²) in [7, 11) is 0. The fourth-order valence-corrected chi connectivity index (χ4v) is 3.28. The molecule has 1 aliphatic heterocycles. The van der Waals surface area contributed by atoms with Crippen LogP contribution >= 0.6 is 11.8 Å². The van der Waals surface area contributed by atoms with Gasteiger partial charge < -0.3 is 0 Å². The van der Waals surface area contributed by atoms with Gasteiger partial charge in [0.2, 0.25) is 0 Å². The van der Waals surface area contributed by atoms with Gasteiger partial charge in [-0.15, -0.1) is 0 Å². The van der Waals surface area contributed by atoms with E-state index in [4.69, 9.17) is 0 Å². The molecule has 0 unspecified atom stereocenters. The molecule has 0 radical (unpaired) electrons. The second-order valence-corrected chi connectivity index (χ2v) is 5.56. The van der Waals surface area contributed by atoms with Crippen LogP contribution in [0.3, 0.4) is 0 Å². The molecule has 16 heavy (non-hydrogen) atoms. The van der Waals surface area contributed by atoms with E-state index in [2.05, 4.69) is 4.98 Å². The van der Waals surface area contributed by atoms with Crippen LogP contribution in [0.4, 0.5) is 0 Å². The van der Waals surface area contributed by atoms with Gasteiger partial charge in [0.15, 0.2) is 0 Å². The lowest BCUT2D eigenvalue weighted by Crippen LogP contribution is -2.15. The summed E-state index contributed by atoms with van der Waals surface area (Å²) in [6, 6.07) is 3.85. The summed E-state index contributed by atoms with van der Waals surface area (Å²) < 4.78 is 0.